The van der Waals surface area contributed by atoms with E-state index >= 15 is 0 Å². The summed E-state index contributed by atoms with van der Waals surface area (Å²) in [5.41, 5.74) is -0.115. The van der Waals surface area contributed by atoms with E-state index < -0.39 is 17.3 Å². The third-order valence-electron chi connectivity index (χ3n) is 4.69. The van der Waals surface area contributed by atoms with Gasteiger partial charge in [0.05, 0.1) is 13.2 Å². The maximum absolute atomic E-state index is 11.8. The fourth-order valence-corrected chi connectivity index (χ4v) is 3.88. The lowest BCUT2D eigenvalue weighted by atomic mass is 9.73. The molecule has 2 atom stereocenters. The Morgan fingerprint density at radius 3 is 2.54 bits per heavy atom. The number of ether oxygens (including phenoxy) is 2. The minimum atomic E-state index is -1.48. The van der Waals surface area contributed by atoms with Crippen LogP contribution in [0.2, 0.25) is 10.0 Å². The van der Waals surface area contributed by atoms with E-state index in [0.29, 0.717) is 28.8 Å². The lowest BCUT2D eigenvalue weighted by molar-refractivity contribution is -0.272. The lowest BCUT2D eigenvalue weighted by Gasteiger charge is -2.45. The Labute approximate surface area is 151 Å². The van der Waals surface area contributed by atoms with Gasteiger partial charge in [-0.2, -0.15) is 0 Å². The second kappa shape index (κ2) is 6.62. The van der Waals surface area contributed by atoms with Crippen molar-refractivity contribution in [1.29, 1.82) is 0 Å². The number of pyridine rings is 1. The predicted octanol–water partition coefficient (Wildman–Crippen LogP) is 4.14. The van der Waals surface area contributed by atoms with Crippen molar-refractivity contribution < 1.29 is 14.6 Å². The van der Waals surface area contributed by atoms with Gasteiger partial charge in [0, 0.05) is 33.9 Å². The maximum Gasteiger partial charge on any atom is 0.199 e. The quantitative estimate of drug-likeness (QED) is 0.881. The van der Waals surface area contributed by atoms with Gasteiger partial charge in [0.15, 0.2) is 11.4 Å². The molecular formula is C18H19Cl2NO3. The number of hydrogen-bond donors (Lipinski definition) is 1. The first-order chi connectivity index (χ1) is 11.4. The highest BCUT2D eigenvalue weighted by Crippen LogP contribution is 2.49. The third kappa shape index (κ3) is 2.83. The number of aliphatic hydroxyl groups is 1. The molecule has 1 aromatic heterocycles. The first kappa shape index (κ1) is 17.6. The van der Waals surface area contributed by atoms with E-state index in [0.717, 1.165) is 5.56 Å². The number of hydrogen-bond acceptors (Lipinski definition) is 4. The lowest BCUT2D eigenvalue weighted by Crippen LogP contribution is -2.54. The number of rotatable bonds is 4. The number of benzene rings is 1. The van der Waals surface area contributed by atoms with E-state index in [-0.39, 0.29) is 0 Å². The van der Waals surface area contributed by atoms with Crippen LogP contribution in [0.5, 0.6) is 0 Å². The van der Waals surface area contributed by atoms with E-state index in [1.807, 2.05) is 19.1 Å². The molecule has 128 valence electrons. The topological polar surface area (TPSA) is 51.6 Å². The first-order valence-corrected chi connectivity index (χ1v) is 8.50. The van der Waals surface area contributed by atoms with Gasteiger partial charge >= 0.3 is 0 Å². The molecule has 0 radical (unpaired) electrons. The van der Waals surface area contributed by atoms with Gasteiger partial charge < -0.3 is 14.6 Å². The fraction of sp³-hybridized carbons (Fsp3) is 0.389. The largest absolute Gasteiger partial charge is 0.379 e. The molecule has 3 rings (SSSR count). The van der Waals surface area contributed by atoms with E-state index in [9.17, 15) is 5.11 Å². The molecule has 0 aliphatic carbocycles. The zero-order chi connectivity index (χ0) is 17.4. The zero-order valence-electron chi connectivity index (χ0n) is 13.5. The van der Waals surface area contributed by atoms with Crippen molar-refractivity contribution in [3.63, 3.8) is 0 Å². The van der Waals surface area contributed by atoms with Crippen LogP contribution in [0.25, 0.3) is 0 Å². The second-order valence-electron chi connectivity index (χ2n) is 6.04. The van der Waals surface area contributed by atoms with Crippen LogP contribution in [0.3, 0.4) is 0 Å². The smallest absolute Gasteiger partial charge is 0.199 e. The molecule has 2 unspecified atom stereocenters. The van der Waals surface area contributed by atoms with Gasteiger partial charge in [0.25, 0.3) is 0 Å². The Morgan fingerprint density at radius 1 is 1.25 bits per heavy atom. The molecule has 2 heterocycles. The van der Waals surface area contributed by atoms with Crippen LogP contribution >= 0.6 is 23.2 Å². The van der Waals surface area contributed by atoms with Crippen LogP contribution in [-0.4, -0.2) is 29.1 Å². The summed E-state index contributed by atoms with van der Waals surface area (Å²) in [5, 5.41) is 12.8. The molecule has 1 fully saturated rings. The minimum Gasteiger partial charge on any atom is -0.379 e. The normalized spacial score (nSPS) is 20.5. The van der Waals surface area contributed by atoms with Gasteiger partial charge in [-0.25, -0.2) is 0 Å². The summed E-state index contributed by atoms with van der Waals surface area (Å²) >= 11 is 12.4. The molecule has 1 aromatic carbocycles. The summed E-state index contributed by atoms with van der Waals surface area (Å²) in [4.78, 5) is 4.14. The van der Waals surface area contributed by atoms with E-state index in [1.165, 1.54) is 0 Å². The SMILES string of the molecule is CC(c1ccc(Cl)cc1Cl)C(O)(c1cccnc1)C1(C)OCCO1. The predicted molar refractivity (Wildman–Crippen MR) is 93.3 cm³/mol. The molecular weight excluding hydrogens is 349 g/mol. The van der Waals surface area contributed by atoms with Crippen molar-refractivity contribution in [1.82, 2.24) is 4.98 Å². The van der Waals surface area contributed by atoms with E-state index in [1.54, 1.807) is 37.5 Å². The molecule has 2 aromatic rings. The summed E-state index contributed by atoms with van der Waals surface area (Å²) in [7, 11) is 0. The Morgan fingerprint density at radius 2 is 1.96 bits per heavy atom. The maximum atomic E-state index is 11.8. The van der Waals surface area contributed by atoms with Crippen molar-refractivity contribution in [2.24, 2.45) is 0 Å². The average Bonchev–Trinajstić information content (AvgIpc) is 3.02. The van der Waals surface area contributed by atoms with Gasteiger partial charge in [0.1, 0.15) is 0 Å². The molecule has 1 aliphatic heterocycles. The Hall–Kier alpha value is -1.17. The molecule has 0 bridgehead atoms. The summed E-state index contributed by atoms with van der Waals surface area (Å²) in [5.74, 6) is -1.63. The molecule has 1 saturated heterocycles. The van der Waals surface area contributed by atoms with Gasteiger partial charge in [-0.15, -0.1) is 0 Å². The number of nitrogens with zero attached hydrogens (tertiary/aromatic N) is 1. The van der Waals surface area contributed by atoms with Crippen LogP contribution in [0, 0.1) is 0 Å². The average molecular weight is 368 g/mol. The van der Waals surface area contributed by atoms with Crippen molar-refractivity contribution in [3.8, 4) is 0 Å². The summed E-state index contributed by atoms with van der Waals surface area (Å²) in [6, 6.07) is 8.81. The molecule has 1 N–H and O–H groups in total. The van der Waals surface area contributed by atoms with Gasteiger partial charge in [0.2, 0.25) is 0 Å². The zero-order valence-corrected chi connectivity index (χ0v) is 15.0. The Kier molecular flexibility index (Phi) is 4.87. The van der Waals surface area contributed by atoms with Crippen LogP contribution in [0.4, 0.5) is 0 Å². The standard InChI is InChI=1S/C18H19Cl2NO3/c1-12(15-6-5-14(19)10-16(15)20)18(22,13-4-3-7-21-11-13)17(2)23-8-9-24-17/h3-7,10-12,22H,8-9H2,1-2H3. The van der Waals surface area contributed by atoms with Gasteiger partial charge in [-0.05, 0) is 30.7 Å². The highest BCUT2D eigenvalue weighted by molar-refractivity contribution is 6.35. The molecule has 24 heavy (non-hydrogen) atoms. The van der Waals surface area contributed by atoms with Gasteiger partial charge in [-0.1, -0.05) is 42.3 Å². The van der Waals surface area contributed by atoms with E-state index in [2.05, 4.69) is 4.98 Å². The minimum absolute atomic E-state index is 0.417. The van der Waals surface area contributed by atoms with Crippen LogP contribution in [0.15, 0.2) is 42.7 Å². The Bertz CT molecular complexity index is 719. The fourth-order valence-electron chi connectivity index (χ4n) is 3.31. The Balaban J connectivity index is 2.14. The van der Waals surface area contributed by atoms with Crippen molar-refractivity contribution >= 4 is 23.2 Å². The van der Waals surface area contributed by atoms with Crippen molar-refractivity contribution in [2.75, 3.05) is 13.2 Å². The molecule has 0 spiro atoms. The van der Waals surface area contributed by atoms with Gasteiger partial charge in [-0.3, -0.25) is 4.98 Å². The number of aromatic nitrogens is 1. The molecule has 0 saturated carbocycles. The van der Waals surface area contributed by atoms with Crippen molar-refractivity contribution in [3.05, 3.63) is 63.9 Å². The number of halogens is 2. The summed E-state index contributed by atoms with van der Waals surface area (Å²) < 4.78 is 11.6. The van der Waals surface area contributed by atoms with Crippen LogP contribution in [0.1, 0.15) is 30.9 Å². The highest BCUT2D eigenvalue weighted by atomic mass is 35.5. The van der Waals surface area contributed by atoms with Crippen LogP contribution < -0.4 is 0 Å². The summed E-state index contributed by atoms with van der Waals surface area (Å²) in [6.07, 6.45) is 3.28. The third-order valence-corrected chi connectivity index (χ3v) is 5.25. The molecule has 6 heteroatoms. The molecule has 0 amide bonds. The monoisotopic (exact) mass is 367 g/mol. The highest BCUT2D eigenvalue weighted by Gasteiger charge is 2.56. The second-order valence-corrected chi connectivity index (χ2v) is 6.88. The van der Waals surface area contributed by atoms with Crippen LogP contribution in [-0.2, 0) is 15.1 Å². The molecule has 1 aliphatic rings. The first-order valence-electron chi connectivity index (χ1n) is 7.74. The van der Waals surface area contributed by atoms with E-state index in [4.69, 9.17) is 32.7 Å². The summed E-state index contributed by atoms with van der Waals surface area (Å²) in [6.45, 7) is 4.46. The molecule has 4 nitrogen and oxygen atoms in total. The van der Waals surface area contributed by atoms with Crippen molar-refractivity contribution in [2.45, 2.75) is 31.2 Å².